The molecule has 7 nitrogen and oxygen atoms in total. The van der Waals surface area contributed by atoms with Gasteiger partial charge in [-0.3, -0.25) is 14.4 Å². The predicted octanol–water partition coefficient (Wildman–Crippen LogP) is -0.231. The van der Waals surface area contributed by atoms with Crippen LogP contribution in [0.4, 0.5) is 0 Å². The first-order valence-electron chi connectivity index (χ1n) is 7.70. The van der Waals surface area contributed by atoms with Gasteiger partial charge in [-0.1, -0.05) is 12.2 Å². The van der Waals surface area contributed by atoms with E-state index in [1.807, 2.05) is 0 Å². The summed E-state index contributed by atoms with van der Waals surface area (Å²) >= 11 is 0. The summed E-state index contributed by atoms with van der Waals surface area (Å²) in [5.41, 5.74) is 0. The maximum atomic E-state index is 12.2. The molecule has 0 aromatic heterocycles. The Hall–Kier alpha value is -1.89. The maximum Gasteiger partial charge on any atom is 0.310 e. The number of rotatable bonds is 6. The Kier molecular flexibility index (Phi) is 4.15. The summed E-state index contributed by atoms with van der Waals surface area (Å²) in [6.45, 7) is 1.86. The zero-order valence-corrected chi connectivity index (χ0v) is 12.2. The third-order valence-corrected chi connectivity index (χ3v) is 4.56. The van der Waals surface area contributed by atoms with E-state index in [4.69, 9.17) is 4.74 Å². The van der Waals surface area contributed by atoms with Gasteiger partial charge in [0.15, 0.2) is 0 Å². The van der Waals surface area contributed by atoms with Crippen LogP contribution >= 0.6 is 0 Å². The number of nitrogens with zero attached hydrogens (tertiary/aromatic N) is 1. The van der Waals surface area contributed by atoms with Crippen LogP contribution in [-0.4, -0.2) is 59.6 Å². The molecule has 7 heteroatoms. The van der Waals surface area contributed by atoms with E-state index in [2.05, 4.69) is 5.32 Å². The van der Waals surface area contributed by atoms with Crippen LogP contribution < -0.4 is 5.32 Å². The van der Waals surface area contributed by atoms with E-state index in [0.29, 0.717) is 25.9 Å². The fourth-order valence-electron chi connectivity index (χ4n) is 3.45. The number of fused-ring (bicyclic) bond motifs is 2. The molecule has 0 aliphatic carbocycles. The predicted molar refractivity (Wildman–Crippen MR) is 75.9 cm³/mol. The highest BCUT2D eigenvalue weighted by Crippen LogP contribution is 2.39. The molecule has 2 saturated heterocycles. The highest BCUT2D eigenvalue weighted by molar-refractivity contribution is 5.87. The van der Waals surface area contributed by atoms with Crippen LogP contribution in [0.15, 0.2) is 12.2 Å². The van der Waals surface area contributed by atoms with Crippen molar-refractivity contribution >= 4 is 17.8 Å². The minimum atomic E-state index is -1.00. The average molecular weight is 308 g/mol. The lowest BCUT2D eigenvalue weighted by atomic mass is 9.82. The van der Waals surface area contributed by atoms with E-state index in [1.165, 1.54) is 0 Å². The van der Waals surface area contributed by atoms with Crippen molar-refractivity contribution in [2.45, 2.75) is 31.5 Å². The van der Waals surface area contributed by atoms with Crippen molar-refractivity contribution in [1.82, 2.24) is 10.2 Å². The largest absolute Gasteiger partial charge is 0.481 e. The van der Waals surface area contributed by atoms with Gasteiger partial charge in [0.25, 0.3) is 0 Å². The summed E-state index contributed by atoms with van der Waals surface area (Å²) in [7, 11) is 0. The second kappa shape index (κ2) is 6.08. The Labute approximate surface area is 128 Å². The molecule has 2 N–H and O–H groups in total. The lowest BCUT2D eigenvalue weighted by Gasteiger charge is -2.21. The van der Waals surface area contributed by atoms with Gasteiger partial charge in [-0.2, -0.15) is 0 Å². The summed E-state index contributed by atoms with van der Waals surface area (Å²) in [4.78, 5) is 36.8. The third kappa shape index (κ3) is 2.72. The molecule has 0 radical (unpaired) electrons. The van der Waals surface area contributed by atoms with Crippen LogP contribution in [0.1, 0.15) is 19.3 Å². The summed E-state index contributed by atoms with van der Waals surface area (Å²) < 4.78 is 5.48. The standard InChI is InChI=1S/C15H20N2O5/c18-11-3-1-7-17(11)8-2-6-16-14(19)12-9-4-5-10(22-9)13(12)15(20)21/h4-5,9-10,12-13H,1-3,6-8H2,(H,16,19)(H,20,21)/t9-,10-,12+,13-/m0/s1. The van der Waals surface area contributed by atoms with Gasteiger partial charge in [0.1, 0.15) is 5.92 Å². The molecule has 2 amide bonds. The molecule has 3 heterocycles. The number of carbonyl (C=O) groups excluding carboxylic acids is 2. The topological polar surface area (TPSA) is 95.9 Å². The lowest BCUT2D eigenvalue weighted by molar-refractivity contribution is -0.146. The molecule has 3 aliphatic rings. The Balaban J connectivity index is 1.46. The molecule has 120 valence electrons. The number of carboxylic acids is 1. The molecule has 0 unspecified atom stereocenters. The van der Waals surface area contributed by atoms with Crippen molar-refractivity contribution in [2.24, 2.45) is 11.8 Å². The normalized spacial score (nSPS) is 32.7. The average Bonchev–Trinajstić information content (AvgIpc) is 3.18. The first kappa shape index (κ1) is 15.0. The Morgan fingerprint density at radius 1 is 1.32 bits per heavy atom. The third-order valence-electron chi connectivity index (χ3n) is 4.56. The van der Waals surface area contributed by atoms with Gasteiger partial charge < -0.3 is 20.1 Å². The number of ether oxygens (including phenoxy) is 1. The number of hydrogen-bond donors (Lipinski definition) is 2. The highest BCUT2D eigenvalue weighted by atomic mass is 16.5. The number of aliphatic carboxylic acids is 1. The van der Waals surface area contributed by atoms with Crippen LogP contribution in [0.3, 0.4) is 0 Å². The van der Waals surface area contributed by atoms with Crippen LogP contribution in [0.25, 0.3) is 0 Å². The number of hydrogen-bond acceptors (Lipinski definition) is 4. The van der Waals surface area contributed by atoms with Crippen LogP contribution in [-0.2, 0) is 19.1 Å². The van der Waals surface area contributed by atoms with Crippen molar-refractivity contribution in [3.63, 3.8) is 0 Å². The Morgan fingerprint density at radius 3 is 2.68 bits per heavy atom. The molecule has 2 fully saturated rings. The van der Waals surface area contributed by atoms with Gasteiger partial charge in [0.2, 0.25) is 11.8 Å². The Bertz CT molecular complexity index is 518. The SMILES string of the molecule is O=C(O)[C@@H]1[C@H](C(=O)NCCCN2CCCC2=O)[C@@H]2C=C[C@@H]1O2. The van der Waals surface area contributed by atoms with E-state index >= 15 is 0 Å². The van der Waals surface area contributed by atoms with Gasteiger partial charge in [-0.15, -0.1) is 0 Å². The van der Waals surface area contributed by atoms with E-state index in [0.717, 1.165) is 13.0 Å². The molecule has 0 aromatic carbocycles. The van der Waals surface area contributed by atoms with Gasteiger partial charge in [-0.25, -0.2) is 0 Å². The Morgan fingerprint density at radius 2 is 2.05 bits per heavy atom. The molecule has 3 rings (SSSR count). The smallest absolute Gasteiger partial charge is 0.310 e. The van der Waals surface area contributed by atoms with E-state index in [9.17, 15) is 19.5 Å². The van der Waals surface area contributed by atoms with Crippen molar-refractivity contribution in [1.29, 1.82) is 0 Å². The van der Waals surface area contributed by atoms with Crippen molar-refractivity contribution < 1.29 is 24.2 Å². The molecule has 3 aliphatic heterocycles. The second-order valence-corrected chi connectivity index (χ2v) is 5.97. The molecular formula is C15H20N2O5. The zero-order chi connectivity index (χ0) is 15.7. The van der Waals surface area contributed by atoms with Gasteiger partial charge in [-0.05, 0) is 12.8 Å². The molecule has 22 heavy (non-hydrogen) atoms. The molecular weight excluding hydrogens is 288 g/mol. The quantitative estimate of drug-likeness (QED) is 0.522. The number of nitrogens with one attached hydrogen (secondary N) is 1. The van der Waals surface area contributed by atoms with E-state index in [-0.39, 0.29) is 11.8 Å². The fourth-order valence-corrected chi connectivity index (χ4v) is 3.45. The zero-order valence-electron chi connectivity index (χ0n) is 12.2. The van der Waals surface area contributed by atoms with Crippen molar-refractivity contribution in [3.05, 3.63) is 12.2 Å². The lowest BCUT2D eigenvalue weighted by Crippen LogP contribution is -2.43. The summed E-state index contributed by atoms with van der Waals surface area (Å²) in [6.07, 6.45) is 4.73. The van der Waals surface area contributed by atoms with Crippen LogP contribution in [0, 0.1) is 11.8 Å². The van der Waals surface area contributed by atoms with E-state index < -0.39 is 30.0 Å². The van der Waals surface area contributed by atoms with Crippen LogP contribution in [0.5, 0.6) is 0 Å². The summed E-state index contributed by atoms with van der Waals surface area (Å²) in [6, 6.07) is 0. The molecule has 2 bridgehead atoms. The first-order chi connectivity index (χ1) is 10.6. The highest BCUT2D eigenvalue weighted by Gasteiger charge is 2.53. The van der Waals surface area contributed by atoms with Gasteiger partial charge >= 0.3 is 5.97 Å². The number of likely N-dealkylation sites (tertiary alicyclic amines) is 1. The van der Waals surface area contributed by atoms with Gasteiger partial charge in [0, 0.05) is 26.1 Å². The van der Waals surface area contributed by atoms with E-state index in [1.54, 1.807) is 17.1 Å². The minimum absolute atomic E-state index is 0.170. The number of carboxylic acid groups (broad SMARTS) is 1. The molecule has 0 spiro atoms. The number of amides is 2. The second-order valence-electron chi connectivity index (χ2n) is 5.97. The summed E-state index contributed by atoms with van der Waals surface area (Å²) in [5.74, 6) is -2.59. The molecule has 4 atom stereocenters. The van der Waals surface area contributed by atoms with Gasteiger partial charge in [0.05, 0.1) is 18.1 Å². The molecule has 0 aromatic rings. The van der Waals surface area contributed by atoms with Crippen molar-refractivity contribution in [3.8, 4) is 0 Å². The fraction of sp³-hybridized carbons (Fsp3) is 0.667. The summed E-state index contributed by atoms with van der Waals surface area (Å²) in [5, 5.41) is 12.0. The van der Waals surface area contributed by atoms with Crippen molar-refractivity contribution in [2.75, 3.05) is 19.6 Å². The number of carbonyl (C=O) groups is 3. The van der Waals surface area contributed by atoms with Crippen LogP contribution in [0.2, 0.25) is 0 Å². The monoisotopic (exact) mass is 308 g/mol. The maximum absolute atomic E-state index is 12.2. The first-order valence-corrected chi connectivity index (χ1v) is 7.70. The molecule has 0 saturated carbocycles. The minimum Gasteiger partial charge on any atom is -0.481 e.